The lowest BCUT2D eigenvalue weighted by Gasteiger charge is -2.05. The summed E-state index contributed by atoms with van der Waals surface area (Å²) in [4.78, 5) is 0. The van der Waals surface area contributed by atoms with E-state index in [4.69, 9.17) is 4.74 Å². The summed E-state index contributed by atoms with van der Waals surface area (Å²) in [5.74, 6) is 2.25. The van der Waals surface area contributed by atoms with Gasteiger partial charge in [-0.2, -0.15) is 0 Å². The minimum Gasteiger partial charge on any atom is -0.497 e. The molecule has 0 aromatic heterocycles. The van der Waals surface area contributed by atoms with Crippen LogP contribution in [0.1, 0.15) is 29.4 Å². The molecule has 0 aliphatic heterocycles. The Hall–Kier alpha value is -1.28. The van der Waals surface area contributed by atoms with Crippen LogP contribution in [0.3, 0.4) is 0 Å². The lowest BCUT2D eigenvalue weighted by molar-refractivity contribution is 0.414. The highest BCUT2D eigenvalue weighted by Gasteiger charge is 2.40. The van der Waals surface area contributed by atoms with Crippen LogP contribution in [0, 0.1) is 0 Å². The van der Waals surface area contributed by atoms with Crippen molar-refractivity contribution in [2.75, 3.05) is 7.11 Å². The molecule has 1 nitrogen and oxygen atoms in total. The van der Waals surface area contributed by atoms with Crippen LogP contribution in [0.5, 0.6) is 5.75 Å². The van der Waals surface area contributed by atoms with E-state index in [-0.39, 0.29) is 0 Å². The van der Waals surface area contributed by atoms with E-state index < -0.39 is 0 Å². The zero-order valence-corrected chi connectivity index (χ0v) is 11.9. The largest absolute Gasteiger partial charge is 0.497 e. The summed E-state index contributed by atoms with van der Waals surface area (Å²) in [6.07, 6.45) is 1.24. The molecule has 0 bridgehead atoms. The predicted octanol–water partition coefficient (Wildman–Crippen LogP) is 4.73. The van der Waals surface area contributed by atoms with E-state index >= 15 is 0 Å². The molecule has 1 aliphatic carbocycles. The Kier molecular flexibility index (Phi) is 3.13. The maximum absolute atomic E-state index is 5.19. The molecule has 2 heteroatoms. The van der Waals surface area contributed by atoms with Crippen LogP contribution in [-0.2, 0) is 0 Å². The summed E-state index contributed by atoms with van der Waals surface area (Å²) in [5, 5.41) is 0. The SMILES string of the molecule is COc1ccc([C@H]2C[C@@H]2c2ccccc2Br)cc1. The first kappa shape index (κ1) is 11.8. The van der Waals surface area contributed by atoms with E-state index in [1.54, 1.807) is 7.11 Å². The summed E-state index contributed by atoms with van der Waals surface area (Å²) >= 11 is 3.64. The van der Waals surface area contributed by atoms with Crippen LogP contribution in [0.25, 0.3) is 0 Å². The van der Waals surface area contributed by atoms with Crippen LogP contribution in [-0.4, -0.2) is 7.11 Å². The maximum Gasteiger partial charge on any atom is 0.118 e. The average molecular weight is 303 g/mol. The molecule has 0 unspecified atom stereocenters. The molecule has 2 aromatic rings. The normalized spacial score (nSPS) is 21.7. The predicted molar refractivity (Wildman–Crippen MR) is 77.2 cm³/mol. The Morgan fingerprint density at radius 3 is 2.39 bits per heavy atom. The number of ether oxygens (including phenoxy) is 1. The summed E-state index contributed by atoms with van der Waals surface area (Å²) in [5.41, 5.74) is 2.84. The van der Waals surface area contributed by atoms with Gasteiger partial charge < -0.3 is 4.74 Å². The van der Waals surface area contributed by atoms with Crippen LogP contribution < -0.4 is 4.74 Å². The third-order valence-electron chi connectivity index (χ3n) is 3.64. The molecular formula is C16H15BrO. The van der Waals surface area contributed by atoms with Crippen molar-refractivity contribution >= 4 is 15.9 Å². The number of hydrogen-bond acceptors (Lipinski definition) is 1. The van der Waals surface area contributed by atoms with Gasteiger partial charge >= 0.3 is 0 Å². The topological polar surface area (TPSA) is 9.23 Å². The monoisotopic (exact) mass is 302 g/mol. The van der Waals surface area contributed by atoms with E-state index in [2.05, 4.69) is 52.3 Å². The van der Waals surface area contributed by atoms with Gasteiger partial charge in [0.1, 0.15) is 5.75 Å². The standard InChI is InChI=1S/C16H15BrO/c1-18-12-8-6-11(7-9-12)14-10-15(14)13-4-2-3-5-16(13)17/h2-9,14-15H,10H2,1H3/t14-,15-/m1/s1. The van der Waals surface area contributed by atoms with E-state index in [0.717, 1.165) is 5.75 Å². The number of hydrogen-bond donors (Lipinski definition) is 0. The molecule has 0 saturated heterocycles. The smallest absolute Gasteiger partial charge is 0.118 e. The molecule has 1 aliphatic rings. The van der Waals surface area contributed by atoms with Crippen molar-refractivity contribution in [1.29, 1.82) is 0 Å². The second-order valence-electron chi connectivity index (χ2n) is 4.74. The maximum atomic E-state index is 5.19. The van der Waals surface area contributed by atoms with Crippen molar-refractivity contribution < 1.29 is 4.74 Å². The second kappa shape index (κ2) is 4.77. The Balaban J connectivity index is 1.79. The Morgan fingerprint density at radius 2 is 1.72 bits per heavy atom. The van der Waals surface area contributed by atoms with Crippen LogP contribution in [0.15, 0.2) is 53.0 Å². The van der Waals surface area contributed by atoms with Gasteiger partial charge in [0.25, 0.3) is 0 Å². The van der Waals surface area contributed by atoms with Gasteiger partial charge in [-0.25, -0.2) is 0 Å². The first-order chi connectivity index (χ1) is 8.79. The van der Waals surface area contributed by atoms with Gasteiger partial charge in [0.15, 0.2) is 0 Å². The summed E-state index contributed by atoms with van der Waals surface area (Å²) in [6, 6.07) is 17.0. The molecule has 0 amide bonds. The summed E-state index contributed by atoms with van der Waals surface area (Å²) in [6.45, 7) is 0. The fraction of sp³-hybridized carbons (Fsp3) is 0.250. The number of halogens is 1. The molecule has 18 heavy (non-hydrogen) atoms. The molecular weight excluding hydrogens is 288 g/mol. The molecule has 0 heterocycles. The van der Waals surface area contributed by atoms with Gasteiger partial charge in [-0.05, 0) is 47.6 Å². The van der Waals surface area contributed by atoms with Gasteiger partial charge in [-0.15, -0.1) is 0 Å². The summed E-state index contributed by atoms with van der Waals surface area (Å²) in [7, 11) is 1.70. The molecule has 0 N–H and O–H groups in total. The number of benzene rings is 2. The minimum absolute atomic E-state index is 0.661. The van der Waals surface area contributed by atoms with Crippen molar-refractivity contribution in [3.63, 3.8) is 0 Å². The molecule has 1 saturated carbocycles. The van der Waals surface area contributed by atoms with Crippen molar-refractivity contribution in [2.24, 2.45) is 0 Å². The molecule has 2 atom stereocenters. The first-order valence-corrected chi connectivity index (χ1v) is 6.97. The number of methoxy groups -OCH3 is 1. The zero-order valence-electron chi connectivity index (χ0n) is 10.3. The van der Waals surface area contributed by atoms with Gasteiger partial charge in [0.05, 0.1) is 7.11 Å². The highest BCUT2D eigenvalue weighted by Crippen LogP contribution is 2.56. The van der Waals surface area contributed by atoms with Crippen LogP contribution in [0.4, 0.5) is 0 Å². The van der Waals surface area contributed by atoms with Crippen molar-refractivity contribution in [3.05, 3.63) is 64.1 Å². The van der Waals surface area contributed by atoms with Gasteiger partial charge in [0, 0.05) is 4.47 Å². The highest BCUT2D eigenvalue weighted by atomic mass is 79.9. The van der Waals surface area contributed by atoms with E-state index in [9.17, 15) is 0 Å². The van der Waals surface area contributed by atoms with E-state index in [0.29, 0.717) is 11.8 Å². The van der Waals surface area contributed by atoms with Gasteiger partial charge in [0.2, 0.25) is 0 Å². The lowest BCUT2D eigenvalue weighted by atomic mass is 10.0. The number of rotatable bonds is 3. The fourth-order valence-corrected chi connectivity index (χ4v) is 3.11. The molecule has 0 radical (unpaired) electrons. The lowest BCUT2D eigenvalue weighted by Crippen LogP contribution is -1.87. The van der Waals surface area contributed by atoms with E-state index in [1.165, 1.54) is 22.0 Å². The van der Waals surface area contributed by atoms with Crippen molar-refractivity contribution in [2.45, 2.75) is 18.3 Å². The third kappa shape index (κ3) is 2.17. The summed E-state index contributed by atoms with van der Waals surface area (Å²) < 4.78 is 6.42. The van der Waals surface area contributed by atoms with Crippen molar-refractivity contribution in [1.82, 2.24) is 0 Å². The van der Waals surface area contributed by atoms with Crippen LogP contribution >= 0.6 is 15.9 Å². The molecule has 1 fully saturated rings. The van der Waals surface area contributed by atoms with Gasteiger partial charge in [-0.3, -0.25) is 0 Å². The molecule has 0 spiro atoms. The quantitative estimate of drug-likeness (QED) is 0.796. The van der Waals surface area contributed by atoms with Crippen LogP contribution in [0.2, 0.25) is 0 Å². The molecule has 92 valence electrons. The minimum atomic E-state index is 0.661. The highest BCUT2D eigenvalue weighted by molar-refractivity contribution is 9.10. The first-order valence-electron chi connectivity index (χ1n) is 6.18. The molecule has 3 rings (SSSR count). The Bertz CT molecular complexity index is 547. The Morgan fingerprint density at radius 1 is 1.00 bits per heavy atom. The molecule has 2 aromatic carbocycles. The second-order valence-corrected chi connectivity index (χ2v) is 5.60. The van der Waals surface area contributed by atoms with Crippen molar-refractivity contribution in [3.8, 4) is 5.75 Å². The van der Waals surface area contributed by atoms with E-state index in [1.807, 2.05) is 12.1 Å². The van der Waals surface area contributed by atoms with Gasteiger partial charge in [-0.1, -0.05) is 46.3 Å². The zero-order chi connectivity index (χ0) is 12.5. The fourth-order valence-electron chi connectivity index (χ4n) is 2.53. The third-order valence-corrected chi connectivity index (χ3v) is 4.36. The average Bonchev–Trinajstić information content (AvgIpc) is 3.20. The Labute approximate surface area is 116 Å².